The Kier molecular flexibility index (Phi) is 7.91. The summed E-state index contributed by atoms with van der Waals surface area (Å²) in [5.41, 5.74) is 2.13. The van der Waals surface area contributed by atoms with Gasteiger partial charge in [-0.3, -0.25) is 0 Å². The summed E-state index contributed by atoms with van der Waals surface area (Å²) < 4.78 is 6.07. The number of amides is 4. The van der Waals surface area contributed by atoms with Crippen LogP contribution in [-0.2, 0) is 14.1 Å². The number of nitrogens with zero attached hydrogens (tertiary/aromatic N) is 4. The van der Waals surface area contributed by atoms with Gasteiger partial charge in [-0.25, -0.2) is 9.59 Å². The lowest BCUT2D eigenvalue weighted by atomic mass is 10.2. The van der Waals surface area contributed by atoms with E-state index in [4.69, 9.17) is 0 Å². The van der Waals surface area contributed by atoms with Gasteiger partial charge >= 0.3 is 12.1 Å². The van der Waals surface area contributed by atoms with E-state index in [9.17, 15) is 9.59 Å². The third-order valence-corrected chi connectivity index (χ3v) is 7.71. The van der Waals surface area contributed by atoms with Crippen molar-refractivity contribution in [2.24, 2.45) is 24.1 Å². The minimum absolute atomic E-state index is 0.314. The first-order valence-corrected chi connectivity index (χ1v) is 12.9. The van der Waals surface area contributed by atoms with E-state index in [1.165, 1.54) is 22.7 Å². The lowest BCUT2D eigenvalue weighted by molar-refractivity contribution is 0.247. The first-order chi connectivity index (χ1) is 16.5. The van der Waals surface area contributed by atoms with Crippen LogP contribution in [0.25, 0.3) is 20.4 Å². The normalized spacial score (nSPS) is 12.5. The summed E-state index contributed by atoms with van der Waals surface area (Å²) in [5.74, 6) is 0. The van der Waals surface area contributed by atoms with E-state index in [0.717, 1.165) is 46.1 Å². The molecule has 2 aromatic heterocycles. The number of urea groups is 2. The number of carbonyl (C=O) groups excluding carboxylic acids is 2. The van der Waals surface area contributed by atoms with Gasteiger partial charge in [-0.05, 0) is 37.1 Å². The topological polar surface area (TPSA) is 92.8 Å². The highest BCUT2D eigenvalue weighted by Gasteiger charge is 2.05. The zero-order chi connectivity index (χ0) is 23.9. The molecule has 0 fully saturated rings. The molecule has 0 radical (unpaired) electrons. The fraction of sp³-hybridized carbons (Fsp3) is 0.333. The fourth-order valence-electron chi connectivity index (χ4n) is 3.62. The number of fused-ring (bicyclic) bond motifs is 2. The molecule has 0 atom stereocenters. The molecule has 4 rings (SSSR count). The van der Waals surface area contributed by atoms with Crippen molar-refractivity contribution in [2.75, 3.05) is 13.1 Å². The standard InChI is InChI=1S/C24H28N6O2S2/c1-29-17-11-5-7-13-19(17)33-23(29)27-21(31)25-15-9-3-4-10-16-26-22(32)28-24-30(2)18-12-6-8-14-20(18)34-24/h5-8,11-14H,3-4,9-10,15-16H2,1-2H3,(H,25,31)(H,26,32)/b27-23-,28-24-. The second-order valence-electron chi connectivity index (χ2n) is 7.92. The van der Waals surface area contributed by atoms with Gasteiger partial charge in [0.1, 0.15) is 0 Å². The molecule has 0 saturated carbocycles. The zero-order valence-electron chi connectivity index (χ0n) is 19.3. The van der Waals surface area contributed by atoms with Crippen molar-refractivity contribution >= 4 is 55.2 Å². The third-order valence-electron chi connectivity index (χ3n) is 5.48. The number of para-hydroxylation sites is 2. The summed E-state index contributed by atoms with van der Waals surface area (Å²) in [6, 6.07) is 15.4. The van der Waals surface area contributed by atoms with Gasteiger partial charge in [-0.2, -0.15) is 9.98 Å². The lowest BCUT2D eigenvalue weighted by Gasteiger charge is -2.03. The van der Waals surface area contributed by atoms with Gasteiger partial charge in [-0.15, -0.1) is 0 Å². The van der Waals surface area contributed by atoms with E-state index in [1.807, 2.05) is 71.8 Å². The average molecular weight is 497 g/mol. The van der Waals surface area contributed by atoms with Crippen LogP contribution in [0.5, 0.6) is 0 Å². The van der Waals surface area contributed by atoms with E-state index in [0.29, 0.717) is 22.7 Å². The molecule has 34 heavy (non-hydrogen) atoms. The first-order valence-electron chi connectivity index (χ1n) is 11.3. The van der Waals surface area contributed by atoms with Crippen molar-refractivity contribution in [3.05, 3.63) is 58.1 Å². The molecule has 4 aromatic rings. The van der Waals surface area contributed by atoms with Crippen molar-refractivity contribution in [1.82, 2.24) is 19.8 Å². The van der Waals surface area contributed by atoms with E-state index < -0.39 is 0 Å². The molecular formula is C24H28N6O2S2. The average Bonchev–Trinajstić information content (AvgIpc) is 3.32. The summed E-state index contributed by atoms with van der Waals surface area (Å²) in [7, 11) is 3.83. The number of aryl methyl sites for hydroxylation is 2. The number of hydrogen-bond acceptors (Lipinski definition) is 4. The van der Waals surface area contributed by atoms with E-state index in [-0.39, 0.29) is 12.1 Å². The van der Waals surface area contributed by atoms with E-state index in [1.54, 1.807) is 0 Å². The van der Waals surface area contributed by atoms with E-state index >= 15 is 0 Å². The molecule has 4 amide bonds. The highest BCUT2D eigenvalue weighted by atomic mass is 32.1. The summed E-state index contributed by atoms with van der Waals surface area (Å²) >= 11 is 3.00. The van der Waals surface area contributed by atoms with Crippen LogP contribution in [0.3, 0.4) is 0 Å². The molecule has 0 saturated heterocycles. The minimum atomic E-state index is -0.314. The maximum atomic E-state index is 12.1. The molecule has 0 aliphatic rings. The second-order valence-corrected chi connectivity index (χ2v) is 9.94. The van der Waals surface area contributed by atoms with Gasteiger partial charge in [0.2, 0.25) is 0 Å². The molecule has 0 aliphatic heterocycles. The van der Waals surface area contributed by atoms with Gasteiger partial charge < -0.3 is 19.8 Å². The highest BCUT2D eigenvalue weighted by molar-refractivity contribution is 7.16. The highest BCUT2D eigenvalue weighted by Crippen LogP contribution is 2.16. The second kappa shape index (κ2) is 11.3. The van der Waals surface area contributed by atoms with Crippen LogP contribution in [-0.4, -0.2) is 34.3 Å². The SMILES string of the molecule is Cn1/c(=N/C(=O)NCCCCCCNC(=O)/N=c2\sc3ccccc3n2C)sc2ccccc21. The van der Waals surface area contributed by atoms with Crippen molar-refractivity contribution in [2.45, 2.75) is 25.7 Å². The Hall–Kier alpha value is -3.24. The van der Waals surface area contributed by atoms with Crippen molar-refractivity contribution in [3.63, 3.8) is 0 Å². The predicted molar refractivity (Wildman–Crippen MR) is 138 cm³/mol. The smallest absolute Gasteiger partial charge is 0.336 e. The number of nitrogens with one attached hydrogen (secondary N) is 2. The minimum Gasteiger partial charge on any atom is -0.336 e. The quantitative estimate of drug-likeness (QED) is 0.374. The number of benzene rings is 2. The van der Waals surface area contributed by atoms with Crippen LogP contribution < -0.4 is 20.2 Å². The summed E-state index contributed by atoms with van der Waals surface area (Å²) in [6.45, 7) is 1.17. The number of unbranched alkanes of at least 4 members (excludes halogenated alkanes) is 3. The Bertz CT molecular complexity index is 1330. The number of carbonyl (C=O) groups is 2. The maximum absolute atomic E-state index is 12.1. The van der Waals surface area contributed by atoms with Crippen molar-refractivity contribution in [1.29, 1.82) is 0 Å². The van der Waals surface area contributed by atoms with Crippen LogP contribution in [0.15, 0.2) is 58.5 Å². The number of aromatic nitrogens is 2. The molecule has 178 valence electrons. The molecule has 2 heterocycles. The Morgan fingerprint density at radius 1 is 0.706 bits per heavy atom. The van der Waals surface area contributed by atoms with Gasteiger partial charge in [0.25, 0.3) is 0 Å². The summed E-state index contributed by atoms with van der Waals surface area (Å²) in [4.78, 5) is 34.0. The zero-order valence-corrected chi connectivity index (χ0v) is 20.9. The number of hydrogen-bond donors (Lipinski definition) is 2. The fourth-order valence-corrected chi connectivity index (χ4v) is 5.66. The van der Waals surface area contributed by atoms with Crippen molar-refractivity contribution in [3.8, 4) is 0 Å². The molecule has 0 aliphatic carbocycles. The number of rotatable bonds is 7. The molecule has 2 aromatic carbocycles. The Morgan fingerprint density at radius 3 is 1.53 bits per heavy atom. The Labute approximate surface area is 205 Å². The molecule has 0 unspecified atom stereocenters. The monoisotopic (exact) mass is 496 g/mol. The summed E-state index contributed by atoms with van der Waals surface area (Å²) in [5, 5.41) is 5.71. The molecule has 2 N–H and O–H groups in total. The molecule has 0 bridgehead atoms. The lowest BCUT2D eigenvalue weighted by Crippen LogP contribution is -2.25. The van der Waals surface area contributed by atoms with Gasteiger partial charge in [0.05, 0.1) is 20.4 Å². The van der Waals surface area contributed by atoms with Gasteiger partial charge in [-0.1, -0.05) is 59.8 Å². The van der Waals surface area contributed by atoms with Crippen LogP contribution in [0.1, 0.15) is 25.7 Å². The van der Waals surface area contributed by atoms with Gasteiger partial charge in [0.15, 0.2) is 9.60 Å². The Balaban J connectivity index is 1.13. The van der Waals surface area contributed by atoms with Gasteiger partial charge in [0, 0.05) is 27.2 Å². The van der Waals surface area contributed by atoms with Crippen LogP contribution >= 0.6 is 22.7 Å². The molecular weight excluding hydrogens is 468 g/mol. The van der Waals surface area contributed by atoms with Crippen LogP contribution in [0.4, 0.5) is 9.59 Å². The maximum Gasteiger partial charge on any atom is 0.343 e. The molecule has 0 spiro atoms. The Morgan fingerprint density at radius 2 is 1.12 bits per heavy atom. The van der Waals surface area contributed by atoms with Crippen molar-refractivity contribution < 1.29 is 9.59 Å². The van der Waals surface area contributed by atoms with Crippen LogP contribution in [0, 0.1) is 0 Å². The molecule has 8 nitrogen and oxygen atoms in total. The third kappa shape index (κ3) is 5.81. The number of thiazole rings is 2. The summed E-state index contributed by atoms with van der Waals surface area (Å²) in [6.07, 6.45) is 3.68. The van der Waals surface area contributed by atoms with Crippen LogP contribution in [0.2, 0.25) is 0 Å². The largest absolute Gasteiger partial charge is 0.343 e. The van der Waals surface area contributed by atoms with E-state index in [2.05, 4.69) is 20.6 Å². The predicted octanol–water partition coefficient (Wildman–Crippen LogP) is 4.27. The first kappa shape index (κ1) is 23.9. The molecule has 10 heteroatoms.